The summed E-state index contributed by atoms with van der Waals surface area (Å²) in [5.41, 5.74) is 9.62. The summed E-state index contributed by atoms with van der Waals surface area (Å²) >= 11 is 0. The molecule has 4 nitrogen and oxygen atoms in total. The highest BCUT2D eigenvalue weighted by Crippen LogP contribution is 2.25. The minimum Gasteiger partial charge on any atom is -0.460 e. The van der Waals surface area contributed by atoms with Gasteiger partial charge in [-0.25, -0.2) is 0 Å². The maximum Gasteiger partial charge on any atom is 0.320 e. The number of hydrogen-bond acceptors (Lipinski definition) is 4. The molecule has 1 aliphatic rings. The van der Waals surface area contributed by atoms with E-state index in [1.165, 1.54) is 5.56 Å². The van der Waals surface area contributed by atoms with Crippen molar-refractivity contribution in [3.8, 4) is 0 Å². The molecule has 2 aromatic rings. The van der Waals surface area contributed by atoms with E-state index in [1.807, 2.05) is 53.4 Å². The molecule has 1 unspecified atom stereocenters. The van der Waals surface area contributed by atoms with Gasteiger partial charge in [0.1, 0.15) is 6.61 Å². The Hall–Kier alpha value is -2.17. The van der Waals surface area contributed by atoms with Crippen molar-refractivity contribution in [3.05, 3.63) is 71.3 Å². The molecule has 114 valence electrons. The van der Waals surface area contributed by atoms with Crippen molar-refractivity contribution in [3.63, 3.8) is 0 Å². The molecule has 0 fully saturated rings. The summed E-state index contributed by atoms with van der Waals surface area (Å²) in [6, 6.07) is 17.8. The normalized spacial score (nSPS) is 17.8. The Labute approximate surface area is 130 Å². The van der Waals surface area contributed by atoms with Gasteiger partial charge in [0.25, 0.3) is 0 Å². The van der Waals surface area contributed by atoms with Crippen LogP contribution in [0.5, 0.6) is 0 Å². The van der Waals surface area contributed by atoms with E-state index < -0.39 is 0 Å². The summed E-state index contributed by atoms with van der Waals surface area (Å²) in [5, 5.41) is 0. The molecule has 2 N–H and O–H groups in total. The molecule has 1 atom stereocenters. The van der Waals surface area contributed by atoms with Crippen LogP contribution in [0.25, 0.3) is 0 Å². The van der Waals surface area contributed by atoms with E-state index in [0.29, 0.717) is 6.61 Å². The Kier molecular flexibility index (Phi) is 4.51. The minimum atomic E-state index is -0.241. The second-order valence-electron chi connectivity index (χ2n) is 5.51. The molecule has 0 spiro atoms. The van der Waals surface area contributed by atoms with Crippen molar-refractivity contribution >= 4 is 5.97 Å². The fourth-order valence-corrected chi connectivity index (χ4v) is 2.78. The van der Waals surface area contributed by atoms with Crippen LogP contribution in [0.3, 0.4) is 0 Å². The average molecular weight is 296 g/mol. The second kappa shape index (κ2) is 6.73. The lowest BCUT2D eigenvalue weighted by atomic mass is 9.97. The second-order valence-corrected chi connectivity index (χ2v) is 5.51. The molecule has 1 aliphatic heterocycles. The van der Waals surface area contributed by atoms with E-state index >= 15 is 0 Å². The predicted octanol–water partition coefficient (Wildman–Crippen LogP) is 2.25. The fraction of sp³-hybridized carbons (Fsp3) is 0.278. The van der Waals surface area contributed by atoms with Crippen LogP contribution in [0.15, 0.2) is 54.6 Å². The van der Waals surface area contributed by atoms with Gasteiger partial charge in [-0.2, -0.15) is 0 Å². The Bertz CT molecular complexity index is 643. The standard InChI is InChI=1S/C18H20N2O2/c19-18-16-9-5-4-8-15(16)10-11-20(18)12-17(21)22-13-14-6-2-1-3-7-14/h1-9,18H,10-13,19H2. The van der Waals surface area contributed by atoms with Gasteiger partial charge in [0.15, 0.2) is 0 Å². The molecule has 0 bridgehead atoms. The number of nitrogens with two attached hydrogens (primary N) is 1. The number of carbonyl (C=O) groups excluding carboxylic acids is 1. The third-order valence-electron chi connectivity index (χ3n) is 4.01. The van der Waals surface area contributed by atoms with Crippen LogP contribution in [0, 0.1) is 0 Å². The quantitative estimate of drug-likeness (QED) is 0.879. The van der Waals surface area contributed by atoms with Crippen LogP contribution in [-0.4, -0.2) is 24.0 Å². The highest BCUT2D eigenvalue weighted by Gasteiger charge is 2.25. The van der Waals surface area contributed by atoms with Crippen LogP contribution in [0.1, 0.15) is 22.9 Å². The SMILES string of the molecule is NC1c2ccccc2CCN1CC(=O)OCc1ccccc1. The number of benzene rings is 2. The number of hydrogen-bond donors (Lipinski definition) is 1. The topological polar surface area (TPSA) is 55.6 Å². The minimum absolute atomic E-state index is 0.225. The average Bonchev–Trinajstić information content (AvgIpc) is 2.57. The first-order chi connectivity index (χ1) is 10.7. The van der Waals surface area contributed by atoms with Gasteiger partial charge in [0, 0.05) is 6.54 Å². The molecule has 1 heterocycles. The molecule has 0 amide bonds. The zero-order chi connectivity index (χ0) is 15.4. The number of esters is 1. The first-order valence-corrected chi connectivity index (χ1v) is 7.51. The Balaban J connectivity index is 1.56. The molecule has 2 aromatic carbocycles. The monoisotopic (exact) mass is 296 g/mol. The molecule has 0 aromatic heterocycles. The molecular formula is C18H20N2O2. The van der Waals surface area contributed by atoms with E-state index in [2.05, 4.69) is 6.07 Å². The number of carbonyl (C=O) groups is 1. The molecule has 0 saturated heterocycles. The number of fused-ring (bicyclic) bond motifs is 1. The molecular weight excluding hydrogens is 276 g/mol. The molecule has 0 aliphatic carbocycles. The third kappa shape index (κ3) is 3.35. The maximum absolute atomic E-state index is 12.0. The van der Waals surface area contributed by atoms with E-state index in [0.717, 1.165) is 24.1 Å². The van der Waals surface area contributed by atoms with E-state index in [1.54, 1.807) is 0 Å². The summed E-state index contributed by atoms with van der Waals surface area (Å²) in [4.78, 5) is 14.0. The summed E-state index contributed by atoms with van der Waals surface area (Å²) in [7, 11) is 0. The summed E-state index contributed by atoms with van der Waals surface area (Å²) in [6.07, 6.45) is 0.671. The highest BCUT2D eigenvalue weighted by molar-refractivity contribution is 5.71. The third-order valence-corrected chi connectivity index (χ3v) is 4.01. The number of ether oxygens (including phenoxy) is 1. The van der Waals surface area contributed by atoms with Crippen molar-refractivity contribution < 1.29 is 9.53 Å². The lowest BCUT2D eigenvalue weighted by Crippen LogP contribution is -2.43. The van der Waals surface area contributed by atoms with Crippen molar-refractivity contribution in [2.24, 2.45) is 5.73 Å². The fourth-order valence-electron chi connectivity index (χ4n) is 2.78. The largest absolute Gasteiger partial charge is 0.460 e. The smallest absolute Gasteiger partial charge is 0.320 e. The number of rotatable bonds is 4. The van der Waals surface area contributed by atoms with Crippen molar-refractivity contribution in [2.75, 3.05) is 13.1 Å². The van der Waals surface area contributed by atoms with Crippen molar-refractivity contribution in [1.29, 1.82) is 0 Å². The zero-order valence-corrected chi connectivity index (χ0v) is 12.4. The van der Waals surface area contributed by atoms with Crippen molar-refractivity contribution in [2.45, 2.75) is 19.2 Å². The molecule has 3 rings (SSSR count). The summed E-state index contributed by atoms with van der Waals surface area (Å²) in [5.74, 6) is -0.237. The van der Waals surface area contributed by atoms with Crippen LogP contribution in [0.2, 0.25) is 0 Å². The van der Waals surface area contributed by atoms with Gasteiger partial charge in [-0.1, -0.05) is 54.6 Å². The first kappa shape index (κ1) is 14.8. The van der Waals surface area contributed by atoms with Crippen LogP contribution >= 0.6 is 0 Å². The van der Waals surface area contributed by atoms with Gasteiger partial charge >= 0.3 is 5.97 Å². The molecule has 4 heteroatoms. The van der Waals surface area contributed by atoms with Crippen LogP contribution < -0.4 is 5.73 Å². The molecule has 22 heavy (non-hydrogen) atoms. The first-order valence-electron chi connectivity index (χ1n) is 7.51. The molecule has 0 radical (unpaired) electrons. The number of nitrogens with zero attached hydrogens (tertiary/aromatic N) is 1. The van der Waals surface area contributed by atoms with Gasteiger partial charge in [-0.15, -0.1) is 0 Å². The lowest BCUT2D eigenvalue weighted by molar-refractivity contribution is -0.147. The Morgan fingerprint density at radius 3 is 2.68 bits per heavy atom. The van der Waals surface area contributed by atoms with Gasteiger partial charge in [0.2, 0.25) is 0 Å². The van der Waals surface area contributed by atoms with Crippen molar-refractivity contribution in [1.82, 2.24) is 4.90 Å². The molecule has 0 saturated carbocycles. The highest BCUT2D eigenvalue weighted by atomic mass is 16.5. The zero-order valence-electron chi connectivity index (χ0n) is 12.4. The summed E-state index contributed by atoms with van der Waals surface area (Å²) < 4.78 is 5.33. The Morgan fingerprint density at radius 1 is 1.14 bits per heavy atom. The lowest BCUT2D eigenvalue weighted by Gasteiger charge is -2.34. The summed E-state index contributed by atoms with van der Waals surface area (Å²) in [6.45, 7) is 1.31. The van der Waals surface area contributed by atoms with Crippen LogP contribution in [0.4, 0.5) is 0 Å². The van der Waals surface area contributed by atoms with E-state index in [-0.39, 0.29) is 18.7 Å². The van der Waals surface area contributed by atoms with Gasteiger partial charge in [-0.05, 0) is 23.1 Å². The van der Waals surface area contributed by atoms with Gasteiger partial charge in [-0.3, -0.25) is 9.69 Å². The maximum atomic E-state index is 12.0. The van der Waals surface area contributed by atoms with Crippen LogP contribution in [-0.2, 0) is 22.6 Å². The van der Waals surface area contributed by atoms with E-state index in [4.69, 9.17) is 10.5 Å². The predicted molar refractivity (Wildman–Crippen MR) is 84.9 cm³/mol. The van der Waals surface area contributed by atoms with E-state index in [9.17, 15) is 4.79 Å². The van der Waals surface area contributed by atoms with Gasteiger partial charge in [0.05, 0.1) is 12.7 Å². The Morgan fingerprint density at radius 2 is 1.86 bits per heavy atom. The van der Waals surface area contributed by atoms with Gasteiger partial charge < -0.3 is 10.5 Å².